The number of rotatable bonds is 4. The average molecular weight is 369 g/mol. The largest absolute Gasteiger partial charge is 0.367 e. The monoisotopic (exact) mass is 369 g/mol. The zero-order valence-electron chi connectivity index (χ0n) is 14.5. The molecule has 4 nitrogen and oxygen atoms in total. The van der Waals surface area contributed by atoms with E-state index in [1.807, 2.05) is 18.2 Å². The van der Waals surface area contributed by atoms with Crippen LogP contribution in [0, 0.1) is 5.82 Å². The van der Waals surface area contributed by atoms with E-state index in [1.165, 1.54) is 17.7 Å². The molecule has 0 aliphatic carbocycles. The van der Waals surface area contributed by atoms with Crippen LogP contribution in [0.15, 0.2) is 54.6 Å². The van der Waals surface area contributed by atoms with Gasteiger partial charge in [0.1, 0.15) is 16.9 Å². The highest BCUT2D eigenvalue weighted by atomic mass is 32.1. The predicted molar refractivity (Wildman–Crippen MR) is 101 cm³/mol. The molecule has 26 heavy (non-hydrogen) atoms. The zero-order valence-corrected chi connectivity index (χ0v) is 15.3. The van der Waals surface area contributed by atoms with Crippen molar-refractivity contribution in [2.45, 2.75) is 25.6 Å². The minimum atomic E-state index is -0.221. The Balaban J connectivity index is 1.48. The summed E-state index contributed by atoms with van der Waals surface area (Å²) in [5.74, 6) is -0.221. The molecule has 0 amide bonds. The lowest BCUT2D eigenvalue weighted by Gasteiger charge is -2.36. The summed E-state index contributed by atoms with van der Waals surface area (Å²) in [4.78, 5) is 2.25. The van der Waals surface area contributed by atoms with Crippen molar-refractivity contribution in [3.8, 4) is 0 Å². The van der Waals surface area contributed by atoms with E-state index in [-0.39, 0.29) is 18.0 Å². The number of aromatic nitrogens is 2. The van der Waals surface area contributed by atoms with E-state index in [4.69, 9.17) is 4.74 Å². The normalized spacial score (nSPS) is 20.3. The first-order valence-electron chi connectivity index (χ1n) is 8.69. The number of anilines is 1. The van der Waals surface area contributed by atoms with Gasteiger partial charge < -0.3 is 9.64 Å². The summed E-state index contributed by atoms with van der Waals surface area (Å²) in [6.07, 6.45) is 0.822. The Kier molecular flexibility index (Phi) is 4.95. The molecule has 2 heterocycles. The molecule has 0 bridgehead atoms. The quantitative estimate of drug-likeness (QED) is 0.690. The van der Waals surface area contributed by atoms with Crippen molar-refractivity contribution in [1.82, 2.24) is 10.2 Å². The lowest BCUT2D eigenvalue weighted by atomic mass is 10.1. The van der Waals surface area contributed by atoms with E-state index in [0.29, 0.717) is 6.42 Å². The van der Waals surface area contributed by atoms with Gasteiger partial charge in [0.05, 0.1) is 12.6 Å². The molecule has 3 aromatic rings. The third kappa shape index (κ3) is 3.92. The van der Waals surface area contributed by atoms with Crippen LogP contribution in [0.3, 0.4) is 0 Å². The molecule has 2 unspecified atom stereocenters. The van der Waals surface area contributed by atoms with E-state index in [1.54, 1.807) is 23.5 Å². The van der Waals surface area contributed by atoms with Crippen molar-refractivity contribution in [3.63, 3.8) is 0 Å². The predicted octanol–water partition coefficient (Wildman–Crippen LogP) is 4.23. The number of hydrogen-bond acceptors (Lipinski definition) is 5. The van der Waals surface area contributed by atoms with Crippen molar-refractivity contribution in [1.29, 1.82) is 0 Å². The van der Waals surface area contributed by atoms with Crippen LogP contribution in [-0.4, -0.2) is 29.4 Å². The lowest BCUT2D eigenvalue weighted by Crippen LogP contribution is -2.42. The van der Waals surface area contributed by atoms with Gasteiger partial charge in [-0.1, -0.05) is 53.8 Å². The van der Waals surface area contributed by atoms with Gasteiger partial charge in [-0.3, -0.25) is 0 Å². The summed E-state index contributed by atoms with van der Waals surface area (Å²) in [6, 6.07) is 16.8. The molecule has 1 fully saturated rings. The molecular formula is C20H20FN3OS. The second-order valence-corrected chi connectivity index (χ2v) is 7.57. The fourth-order valence-electron chi connectivity index (χ4n) is 3.18. The highest BCUT2D eigenvalue weighted by molar-refractivity contribution is 7.15. The fraction of sp³-hybridized carbons (Fsp3) is 0.300. The molecule has 0 N–H and O–H groups in total. The fourth-order valence-corrected chi connectivity index (χ4v) is 4.07. The van der Waals surface area contributed by atoms with E-state index in [2.05, 4.69) is 34.2 Å². The molecular weight excluding hydrogens is 349 g/mol. The maximum Gasteiger partial charge on any atom is 0.208 e. The van der Waals surface area contributed by atoms with Crippen molar-refractivity contribution >= 4 is 16.5 Å². The van der Waals surface area contributed by atoms with Gasteiger partial charge in [0.15, 0.2) is 0 Å². The number of benzene rings is 2. The molecule has 0 radical (unpaired) electrons. The topological polar surface area (TPSA) is 38.2 Å². The van der Waals surface area contributed by atoms with Gasteiger partial charge in [0.2, 0.25) is 5.13 Å². The third-order valence-corrected chi connectivity index (χ3v) is 5.41. The van der Waals surface area contributed by atoms with Crippen molar-refractivity contribution in [3.05, 3.63) is 76.5 Å². The van der Waals surface area contributed by atoms with Crippen LogP contribution in [0.2, 0.25) is 0 Å². The van der Waals surface area contributed by atoms with Crippen LogP contribution in [0.4, 0.5) is 9.52 Å². The van der Waals surface area contributed by atoms with Crippen LogP contribution in [0.1, 0.15) is 29.2 Å². The molecule has 1 aromatic heterocycles. The Bertz CT molecular complexity index is 853. The maximum absolute atomic E-state index is 13.0. The summed E-state index contributed by atoms with van der Waals surface area (Å²) in [5.41, 5.74) is 2.21. The van der Waals surface area contributed by atoms with E-state index in [9.17, 15) is 4.39 Å². The molecule has 0 saturated carbocycles. The molecule has 2 atom stereocenters. The SMILES string of the molecule is CC1CN(c2nnc(Cc3ccc(F)cc3)s2)CC(c2ccccc2)O1. The summed E-state index contributed by atoms with van der Waals surface area (Å²) >= 11 is 1.59. The second-order valence-electron chi connectivity index (χ2n) is 6.53. The minimum Gasteiger partial charge on any atom is -0.367 e. The minimum absolute atomic E-state index is 0.0319. The smallest absolute Gasteiger partial charge is 0.208 e. The highest BCUT2D eigenvalue weighted by Gasteiger charge is 2.28. The van der Waals surface area contributed by atoms with Crippen LogP contribution >= 0.6 is 11.3 Å². The van der Waals surface area contributed by atoms with Gasteiger partial charge in [-0.05, 0) is 30.2 Å². The number of ether oxygens (including phenoxy) is 1. The van der Waals surface area contributed by atoms with Gasteiger partial charge in [-0.2, -0.15) is 0 Å². The molecule has 6 heteroatoms. The highest BCUT2D eigenvalue weighted by Crippen LogP contribution is 2.30. The Morgan fingerprint density at radius 2 is 1.85 bits per heavy atom. The summed E-state index contributed by atoms with van der Waals surface area (Å²) < 4.78 is 19.2. The lowest BCUT2D eigenvalue weighted by molar-refractivity contribution is -0.0174. The number of halogens is 1. The Hall–Kier alpha value is -2.31. The van der Waals surface area contributed by atoms with Gasteiger partial charge in [0, 0.05) is 13.0 Å². The standard InChI is InChI=1S/C20H20FN3OS/c1-14-12-24(13-18(25-14)16-5-3-2-4-6-16)20-23-22-19(26-20)11-15-7-9-17(21)10-8-15/h2-10,14,18H,11-13H2,1H3. The number of nitrogens with zero attached hydrogens (tertiary/aromatic N) is 3. The van der Waals surface area contributed by atoms with Crippen molar-refractivity contribution < 1.29 is 9.13 Å². The molecule has 1 saturated heterocycles. The third-order valence-electron chi connectivity index (χ3n) is 4.43. The average Bonchev–Trinajstić information content (AvgIpc) is 3.12. The summed E-state index contributed by atoms with van der Waals surface area (Å²) in [6.45, 7) is 3.65. The molecule has 134 valence electrons. The van der Waals surface area contributed by atoms with Gasteiger partial charge in [0.25, 0.3) is 0 Å². The molecule has 2 aromatic carbocycles. The van der Waals surface area contributed by atoms with Crippen LogP contribution < -0.4 is 4.90 Å². The molecule has 1 aliphatic rings. The van der Waals surface area contributed by atoms with E-state index in [0.717, 1.165) is 28.8 Å². The zero-order chi connectivity index (χ0) is 17.9. The van der Waals surface area contributed by atoms with Gasteiger partial charge >= 0.3 is 0 Å². The van der Waals surface area contributed by atoms with Crippen LogP contribution in [0.5, 0.6) is 0 Å². The first-order valence-corrected chi connectivity index (χ1v) is 9.51. The Morgan fingerprint density at radius 1 is 1.08 bits per heavy atom. The van der Waals surface area contributed by atoms with Crippen LogP contribution in [0.25, 0.3) is 0 Å². The Labute approximate surface area is 156 Å². The first-order chi connectivity index (χ1) is 12.7. The summed E-state index contributed by atoms with van der Waals surface area (Å²) in [5, 5.41) is 10.6. The first kappa shape index (κ1) is 17.1. The molecule has 4 rings (SSSR count). The van der Waals surface area contributed by atoms with E-state index >= 15 is 0 Å². The van der Waals surface area contributed by atoms with Crippen LogP contribution in [-0.2, 0) is 11.2 Å². The number of morpholine rings is 1. The van der Waals surface area contributed by atoms with Gasteiger partial charge in [-0.15, -0.1) is 10.2 Å². The Morgan fingerprint density at radius 3 is 2.62 bits per heavy atom. The molecule has 0 spiro atoms. The van der Waals surface area contributed by atoms with Crippen molar-refractivity contribution in [2.75, 3.05) is 18.0 Å². The molecule has 1 aliphatic heterocycles. The van der Waals surface area contributed by atoms with Gasteiger partial charge in [-0.25, -0.2) is 4.39 Å². The summed E-state index contributed by atoms with van der Waals surface area (Å²) in [7, 11) is 0. The number of hydrogen-bond donors (Lipinski definition) is 0. The second kappa shape index (κ2) is 7.51. The van der Waals surface area contributed by atoms with E-state index < -0.39 is 0 Å². The van der Waals surface area contributed by atoms with Crippen molar-refractivity contribution in [2.24, 2.45) is 0 Å². The maximum atomic E-state index is 13.0.